The molecule has 0 saturated heterocycles. The monoisotopic (exact) mass is 220 g/mol. The molecule has 1 aliphatic heterocycles. The highest BCUT2D eigenvalue weighted by molar-refractivity contribution is 5.31. The predicted molar refractivity (Wildman–Crippen MR) is 65.2 cm³/mol. The molecule has 0 spiro atoms. The Balaban J connectivity index is 2.19. The molecule has 3 N–H and O–H groups in total. The molecule has 1 heterocycles. The van der Waals surface area contributed by atoms with Crippen LogP contribution >= 0.6 is 0 Å². The lowest BCUT2D eigenvalue weighted by atomic mass is 9.99. The Morgan fingerprint density at radius 1 is 1.50 bits per heavy atom. The van der Waals surface area contributed by atoms with Gasteiger partial charge in [-0.1, -0.05) is 24.3 Å². The summed E-state index contributed by atoms with van der Waals surface area (Å²) in [6.07, 6.45) is 1.07. The molecule has 88 valence electrons. The standard InChI is InChI=1S/C13H20N2O/c1-10(9-16)15-13-6-7-14-8-11-4-2-3-5-12(11)13/h2-5,10,13-16H,6-9H2,1H3. The normalized spacial score (nSPS) is 22.2. The summed E-state index contributed by atoms with van der Waals surface area (Å²) >= 11 is 0. The number of hydrogen-bond donors (Lipinski definition) is 3. The fraction of sp³-hybridized carbons (Fsp3) is 0.538. The highest BCUT2D eigenvalue weighted by Gasteiger charge is 2.18. The molecule has 0 radical (unpaired) electrons. The van der Waals surface area contributed by atoms with Gasteiger partial charge in [-0.25, -0.2) is 0 Å². The second kappa shape index (κ2) is 5.43. The molecule has 0 aromatic heterocycles. The zero-order valence-corrected chi connectivity index (χ0v) is 9.74. The van der Waals surface area contributed by atoms with Gasteiger partial charge in [0.05, 0.1) is 6.61 Å². The first kappa shape index (κ1) is 11.6. The van der Waals surface area contributed by atoms with E-state index < -0.39 is 0 Å². The summed E-state index contributed by atoms with van der Waals surface area (Å²) in [6, 6.07) is 9.03. The van der Waals surface area contributed by atoms with Crippen LogP contribution in [0.15, 0.2) is 24.3 Å². The SMILES string of the molecule is CC(CO)NC1CCNCc2ccccc21. The van der Waals surface area contributed by atoms with Crippen molar-refractivity contribution in [1.29, 1.82) is 0 Å². The number of aliphatic hydroxyl groups excluding tert-OH is 1. The van der Waals surface area contributed by atoms with Crippen molar-refractivity contribution in [3.05, 3.63) is 35.4 Å². The highest BCUT2D eigenvalue weighted by atomic mass is 16.3. The number of rotatable bonds is 3. The van der Waals surface area contributed by atoms with Gasteiger partial charge in [-0.05, 0) is 31.0 Å². The van der Waals surface area contributed by atoms with Gasteiger partial charge in [0.2, 0.25) is 0 Å². The number of hydrogen-bond acceptors (Lipinski definition) is 3. The Kier molecular flexibility index (Phi) is 3.93. The number of benzene rings is 1. The largest absolute Gasteiger partial charge is 0.395 e. The molecule has 3 heteroatoms. The Labute approximate surface area is 96.9 Å². The first-order valence-electron chi connectivity index (χ1n) is 5.96. The molecule has 2 unspecified atom stereocenters. The van der Waals surface area contributed by atoms with Gasteiger partial charge in [0, 0.05) is 18.6 Å². The van der Waals surface area contributed by atoms with Crippen molar-refractivity contribution in [2.75, 3.05) is 13.2 Å². The van der Waals surface area contributed by atoms with Crippen molar-refractivity contribution < 1.29 is 5.11 Å². The maximum atomic E-state index is 9.11. The molecule has 3 nitrogen and oxygen atoms in total. The molecule has 0 amide bonds. The number of fused-ring (bicyclic) bond motifs is 1. The van der Waals surface area contributed by atoms with Gasteiger partial charge in [-0.2, -0.15) is 0 Å². The topological polar surface area (TPSA) is 44.3 Å². The van der Waals surface area contributed by atoms with Crippen LogP contribution in [0, 0.1) is 0 Å². The molecule has 16 heavy (non-hydrogen) atoms. The molecule has 0 bridgehead atoms. The van der Waals surface area contributed by atoms with E-state index in [0.717, 1.165) is 19.5 Å². The highest BCUT2D eigenvalue weighted by Crippen LogP contribution is 2.23. The minimum atomic E-state index is 0.149. The van der Waals surface area contributed by atoms with Gasteiger partial charge in [0.15, 0.2) is 0 Å². The summed E-state index contributed by atoms with van der Waals surface area (Å²) in [6.45, 7) is 4.17. The summed E-state index contributed by atoms with van der Waals surface area (Å²) in [4.78, 5) is 0. The van der Waals surface area contributed by atoms with Crippen molar-refractivity contribution >= 4 is 0 Å². The van der Waals surface area contributed by atoms with Crippen LogP contribution in [0.2, 0.25) is 0 Å². The third-order valence-corrected chi connectivity index (χ3v) is 3.12. The van der Waals surface area contributed by atoms with Crippen LogP contribution in [0.25, 0.3) is 0 Å². The average molecular weight is 220 g/mol. The maximum Gasteiger partial charge on any atom is 0.0582 e. The molecular formula is C13H20N2O. The van der Waals surface area contributed by atoms with Crippen molar-refractivity contribution in [2.45, 2.75) is 32.0 Å². The lowest BCUT2D eigenvalue weighted by Gasteiger charge is -2.22. The molecule has 1 aromatic rings. The summed E-state index contributed by atoms with van der Waals surface area (Å²) in [7, 11) is 0. The van der Waals surface area contributed by atoms with Gasteiger partial charge in [0.25, 0.3) is 0 Å². The number of nitrogens with one attached hydrogen (secondary N) is 2. The van der Waals surface area contributed by atoms with Crippen LogP contribution in [0.5, 0.6) is 0 Å². The molecule has 0 aliphatic carbocycles. The Morgan fingerprint density at radius 3 is 3.12 bits per heavy atom. The van der Waals surface area contributed by atoms with E-state index in [9.17, 15) is 0 Å². The Hall–Kier alpha value is -0.900. The van der Waals surface area contributed by atoms with E-state index in [0.29, 0.717) is 6.04 Å². The zero-order valence-electron chi connectivity index (χ0n) is 9.74. The molecule has 0 fully saturated rings. The van der Waals surface area contributed by atoms with E-state index in [4.69, 9.17) is 5.11 Å². The first-order valence-corrected chi connectivity index (χ1v) is 5.96. The minimum absolute atomic E-state index is 0.149. The van der Waals surface area contributed by atoms with Crippen LogP contribution in [-0.4, -0.2) is 24.3 Å². The third-order valence-electron chi connectivity index (χ3n) is 3.12. The van der Waals surface area contributed by atoms with Crippen LogP contribution in [-0.2, 0) is 6.54 Å². The zero-order chi connectivity index (χ0) is 11.4. The molecule has 2 rings (SSSR count). The van der Waals surface area contributed by atoms with Gasteiger partial charge in [-0.3, -0.25) is 0 Å². The van der Waals surface area contributed by atoms with E-state index in [1.54, 1.807) is 0 Å². The smallest absolute Gasteiger partial charge is 0.0582 e. The van der Waals surface area contributed by atoms with Crippen LogP contribution in [0.3, 0.4) is 0 Å². The summed E-state index contributed by atoms with van der Waals surface area (Å²) in [5, 5.41) is 16.0. The number of aliphatic hydroxyl groups is 1. The third kappa shape index (κ3) is 2.61. The van der Waals surface area contributed by atoms with Crippen LogP contribution in [0.1, 0.15) is 30.5 Å². The lowest BCUT2D eigenvalue weighted by Crippen LogP contribution is -2.33. The molecular weight excluding hydrogens is 200 g/mol. The van der Waals surface area contributed by atoms with E-state index in [2.05, 4.69) is 34.9 Å². The average Bonchev–Trinajstić information content (AvgIpc) is 2.52. The van der Waals surface area contributed by atoms with Crippen molar-refractivity contribution in [3.63, 3.8) is 0 Å². The Bertz CT molecular complexity index is 340. The second-order valence-electron chi connectivity index (χ2n) is 4.47. The molecule has 1 aliphatic rings. The minimum Gasteiger partial charge on any atom is -0.395 e. The molecule has 1 aromatic carbocycles. The maximum absolute atomic E-state index is 9.11. The Morgan fingerprint density at radius 2 is 2.31 bits per heavy atom. The summed E-state index contributed by atoms with van der Waals surface area (Å²) in [5.74, 6) is 0. The van der Waals surface area contributed by atoms with Crippen molar-refractivity contribution in [3.8, 4) is 0 Å². The molecule has 2 atom stereocenters. The van der Waals surface area contributed by atoms with E-state index >= 15 is 0 Å². The second-order valence-corrected chi connectivity index (χ2v) is 4.47. The fourth-order valence-corrected chi connectivity index (χ4v) is 2.23. The lowest BCUT2D eigenvalue weighted by molar-refractivity contribution is 0.239. The van der Waals surface area contributed by atoms with Gasteiger partial charge in [0.1, 0.15) is 0 Å². The molecule has 0 saturated carbocycles. The van der Waals surface area contributed by atoms with Crippen molar-refractivity contribution in [2.24, 2.45) is 0 Å². The van der Waals surface area contributed by atoms with E-state index in [1.165, 1.54) is 11.1 Å². The van der Waals surface area contributed by atoms with E-state index in [1.807, 2.05) is 6.92 Å². The fourth-order valence-electron chi connectivity index (χ4n) is 2.23. The van der Waals surface area contributed by atoms with Gasteiger partial charge >= 0.3 is 0 Å². The van der Waals surface area contributed by atoms with Gasteiger partial charge < -0.3 is 15.7 Å². The summed E-state index contributed by atoms with van der Waals surface area (Å²) < 4.78 is 0. The first-order chi connectivity index (χ1) is 7.81. The quantitative estimate of drug-likeness (QED) is 0.717. The van der Waals surface area contributed by atoms with E-state index in [-0.39, 0.29) is 12.6 Å². The van der Waals surface area contributed by atoms with Gasteiger partial charge in [-0.15, -0.1) is 0 Å². The van der Waals surface area contributed by atoms with Crippen LogP contribution < -0.4 is 10.6 Å². The predicted octanol–water partition coefficient (Wildman–Crippen LogP) is 1.19. The van der Waals surface area contributed by atoms with Crippen molar-refractivity contribution in [1.82, 2.24) is 10.6 Å². The summed E-state index contributed by atoms with van der Waals surface area (Å²) in [5.41, 5.74) is 2.73. The van der Waals surface area contributed by atoms with Crippen LogP contribution in [0.4, 0.5) is 0 Å².